The van der Waals surface area contributed by atoms with Crippen LogP contribution in [-0.4, -0.2) is 16.5 Å². The van der Waals surface area contributed by atoms with Gasteiger partial charge in [0.15, 0.2) is 0 Å². The number of hydrogen-bond donors (Lipinski definition) is 0. The van der Waals surface area contributed by atoms with E-state index in [0.29, 0.717) is 5.92 Å². The van der Waals surface area contributed by atoms with Crippen molar-refractivity contribution in [3.63, 3.8) is 0 Å². The van der Waals surface area contributed by atoms with Crippen LogP contribution in [0.3, 0.4) is 0 Å². The summed E-state index contributed by atoms with van der Waals surface area (Å²) in [5.74, 6) is 1.31. The lowest BCUT2D eigenvalue weighted by Crippen LogP contribution is -2.24. The molecule has 1 aromatic heterocycles. The van der Waals surface area contributed by atoms with E-state index in [2.05, 4.69) is 59.9 Å². The molecule has 20 heavy (non-hydrogen) atoms. The first kappa shape index (κ1) is 16.2. The highest BCUT2D eigenvalue weighted by Gasteiger charge is 2.12. The van der Waals surface area contributed by atoms with Gasteiger partial charge in [-0.25, -0.2) is 9.97 Å². The Morgan fingerprint density at radius 3 is 2.05 bits per heavy atom. The summed E-state index contributed by atoms with van der Waals surface area (Å²) in [4.78, 5) is 10.8. The predicted molar refractivity (Wildman–Crippen MR) is 86.4 cm³/mol. The Bertz CT molecular complexity index is 477. The zero-order chi connectivity index (χ0) is 15.0. The van der Waals surface area contributed by atoms with Crippen molar-refractivity contribution in [3.05, 3.63) is 48.3 Å². The van der Waals surface area contributed by atoms with Crippen molar-refractivity contribution in [2.75, 3.05) is 11.4 Å². The average Bonchev–Trinajstić information content (AvgIpc) is 2.49. The highest BCUT2D eigenvalue weighted by molar-refractivity contribution is 5.57. The fraction of sp³-hybridized carbons (Fsp3) is 0.412. The van der Waals surface area contributed by atoms with Crippen LogP contribution in [0.1, 0.15) is 33.3 Å². The van der Waals surface area contributed by atoms with Gasteiger partial charge in [0.2, 0.25) is 5.95 Å². The lowest BCUT2D eigenvalue weighted by molar-refractivity contribution is 0.644. The first-order valence-electron chi connectivity index (χ1n) is 7.28. The lowest BCUT2D eigenvalue weighted by Gasteiger charge is -2.24. The molecule has 0 spiro atoms. The van der Waals surface area contributed by atoms with E-state index < -0.39 is 0 Å². The molecule has 3 heteroatoms. The molecule has 0 radical (unpaired) electrons. The number of nitrogens with zero attached hydrogens (tertiary/aromatic N) is 3. The van der Waals surface area contributed by atoms with Crippen LogP contribution >= 0.6 is 0 Å². The van der Waals surface area contributed by atoms with Gasteiger partial charge in [-0.1, -0.05) is 45.4 Å². The average molecular weight is 271 g/mol. The smallest absolute Gasteiger partial charge is 0.229 e. The Hall–Kier alpha value is -1.90. The first-order valence-corrected chi connectivity index (χ1v) is 7.28. The van der Waals surface area contributed by atoms with Crippen LogP contribution in [0, 0.1) is 12.8 Å². The van der Waals surface area contributed by atoms with E-state index in [1.165, 1.54) is 5.56 Å². The maximum absolute atomic E-state index is 4.35. The number of aromatic nitrogens is 2. The molecule has 0 atom stereocenters. The van der Waals surface area contributed by atoms with Crippen LogP contribution in [0.4, 0.5) is 11.6 Å². The van der Waals surface area contributed by atoms with Crippen molar-refractivity contribution >= 4 is 11.6 Å². The van der Waals surface area contributed by atoms with E-state index >= 15 is 0 Å². The Kier molecular flexibility index (Phi) is 6.71. The third-order valence-electron chi connectivity index (χ3n) is 2.69. The van der Waals surface area contributed by atoms with Gasteiger partial charge in [0, 0.05) is 24.6 Å². The Morgan fingerprint density at radius 1 is 1.00 bits per heavy atom. The molecular weight excluding hydrogens is 246 g/mol. The van der Waals surface area contributed by atoms with Crippen molar-refractivity contribution in [2.45, 2.75) is 34.6 Å². The molecule has 2 aromatic rings. The van der Waals surface area contributed by atoms with Crippen LogP contribution in [0.2, 0.25) is 0 Å². The molecule has 0 bridgehead atoms. The molecular formula is C17H25N3. The van der Waals surface area contributed by atoms with E-state index in [-0.39, 0.29) is 0 Å². The number of hydrogen-bond acceptors (Lipinski definition) is 3. The monoisotopic (exact) mass is 271 g/mol. The molecule has 0 aliphatic carbocycles. The van der Waals surface area contributed by atoms with Gasteiger partial charge in [0.05, 0.1) is 0 Å². The summed E-state index contributed by atoms with van der Waals surface area (Å²) in [7, 11) is 0. The van der Waals surface area contributed by atoms with Crippen molar-refractivity contribution < 1.29 is 0 Å². The van der Waals surface area contributed by atoms with E-state index in [1.54, 1.807) is 12.4 Å². The topological polar surface area (TPSA) is 29.0 Å². The first-order chi connectivity index (χ1) is 9.66. The molecule has 1 aromatic carbocycles. The van der Waals surface area contributed by atoms with Gasteiger partial charge in [-0.3, -0.25) is 0 Å². The molecule has 0 saturated heterocycles. The Balaban J connectivity index is 0.000000956. The van der Waals surface area contributed by atoms with Gasteiger partial charge < -0.3 is 4.90 Å². The van der Waals surface area contributed by atoms with E-state index in [4.69, 9.17) is 0 Å². The standard InChI is InChI=1S/C15H19N3.C2H6/c1-12(2)11-18(15-16-9-4-10-17-15)14-7-5-13(3)6-8-14;1-2/h4-10,12H,11H2,1-3H3;1-2H3. The van der Waals surface area contributed by atoms with Gasteiger partial charge in [0.25, 0.3) is 0 Å². The van der Waals surface area contributed by atoms with Crippen LogP contribution in [0.25, 0.3) is 0 Å². The van der Waals surface area contributed by atoms with Crippen molar-refractivity contribution in [3.8, 4) is 0 Å². The molecule has 0 aliphatic heterocycles. The second-order valence-corrected chi connectivity index (χ2v) is 4.89. The molecule has 3 nitrogen and oxygen atoms in total. The molecule has 0 aliphatic rings. The summed E-state index contributed by atoms with van der Waals surface area (Å²) in [5.41, 5.74) is 2.40. The zero-order valence-electron chi connectivity index (χ0n) is 13.2. The highest BCUT2D eigenvalue weighted by Crippen LogP contribution is 2.23. The van der Waals surface area contributed by atoms with E-state index in [9.17, 15) is 0 Å². The molecule has 0 unspecified atom stereocenters. The van der Waals surface area contributed by atoms with Crippen LogP contribution in [-0.2, 0) is 0 Å². The number of benzene rings is 1. The maximum Gasteiger partial charge on any atom is 0.229 e. The summed E-state index contributed by atoms with van der Waals surface area (Å²) in [6.45, 7) is 11.4. The second-order valence-electron chi connectivity index (χ2n) is 4.89. The van der Waals surface area contributed by atoms with Gasteiger partial charge >= 0.3 is 0 Å². The molecule has 2 rings (SSSR count). The molecule has 108 valence electrons. The largest absolute Gasteiger partial charge is 0.310 e. The quantitative estimate of drug-likeness (QED) is 0.813. The van der Waals surface area contributed by atoms with E-state index in [0.717, 1.165) is 18.2 Å². The third kappa shape index (κ3) is 4.65. The van der Waals surface area contributed by atoms with Crippen LogP contribution < -0.4 is 4.90 Å². The maximum atomic E-state index is 4.35. The fourth-order valence-corrected chi connectivity index (χ4v) is 1.82. The number of rotatable bonds is 4. The molecule has 0 fully saturated rings. The van der Waals surface area contributed by atoms with E-state index in [1.807, 2.05) is 19.9 Å². The van der Waals surface area contributed by atoms with Gasteiger partial charge in [-0.2, -0.15) is 0 Å². The lowest BCUT2D eigenvalue weighted by atomic mass is 10.1. The summed E-state index contributed by atoms with van der Waals surface area (Å²) in [6.07, 6.45) is 3.56. The van der Waals surface area contributed by atoms with Crippen molar-refractivity contribution in [2.24, 2.45) is 5.92 Å². The highest BCUT2D eigenvalue weighted by atomic mass is 15.2. The fourth-order valence-electron chi connectivity index (χ4n) is 1.82. The Morgan fingerprint density at radius 2 is 1.55 bits per heavy atom. The molecule has 0 saturated carbocycles. The summed E-state index contributed by atoms with van der Waals surface area (Å²) in [6, 6.07) is 10.3. The predicted octanol–water partition coefficient (Wildman–Crippen LogP) is 4.61. The minimum Gasteiger partial charge on any atom is -0.310 e. The van der Waals surface area contributed by atoms with Gasteiger partial charge in [-0.05, 0) is 31.0 Å². The van der Waals surface area contributed by atoms with Crippen LogP contribution in [0.15, 0.2) is 42.7 Å². The third-order valence-corrected chi connectivity index (χ3v) is 2.69. The molecule has 0 amide bonds. The van der Waals surface area contributed by atoms with Crippen LogP contribution in [0.5, 0.6) is 0 Å². The normalized spacial score (nSPS) is 9.90. The minimum absolute atomic E-state index is 0.551. The minimum atomic E-state index is 0.551. The second kappa shape index (κ2) is 8.31. The summed E-state index contributed by atoms with van der Waals surface area (Å²) in [5, 5.41) is 0. The van der Waals surface area contributed by atoms with Gasteiger partial charge in [-0.15, -0.1) is 0 Å². The van der Waals surface area contributed by atoms with Crippen molar-refractivity contribution in [1.82, 2.24) is 9.97 Å². The number of aryl methyl sites for hydroxylation is 1. The molecule has 0 N–H and O–H groups in total. The SMILES string of the molecule is CC.Cc1ccc(N(CC(C)C)c2ncccn2)cc1. The Labute approximate surface area is 122 Å². The zero-order valence-corrected chi connectivity index (χ0v) is 13.2. The summed E-state index contributed by atoms with van der Waals surface area (Å²) < 4.78 is 0. The van der Waals surface area contributed by atoms with Crippen molar-refractivity contribution in [1.29, 1.82) is 0 Å². The van der Waals surface area contributed by atoms with Gasteiger partial charge in [0.1, 0.15) is 0 Å². The summed E-state index contributed by atoms with van der Waals surface area (Å²) >= 11 is 0. The number of anilines is 2. The molecule has 1 heterocycles.